The lowest BCUT2D eigenvalue weighted by molar-refractivity contribution is 0.993. The summed E-state index contributed by atoms with van der Waals surface area (Å²) in [5, 5.41) is 6.33. The first-order valence-corrected chi connectivity index (χ1v) is 9.38. The number of anilines is 1. The van der Waals surface area contributed by atoms with Gasteiger partial charge in [-0.2, -0.15) is 0 Å². The van der Waals surface area contributed by atoms with E-state index in [9.17, 15) is 0 Å². The van der Waals surface area contributed by atoms with E-state index in [1.54, 1.807) is 22.7 Å². The van der Waals surface area contributed by atoms with Crippen LogP contribution in [-0.4, -0.2) is 0 Å². The number of hydrogen-bond acceptors (Lipinski definition) is 3. The molecule has 2 aromatic heterocycles. The highest BCUT2D eigenvalue weighted by Gasteiger charge is 2.17. The van der Waals surface area contributed by atoms with Crippen molar-refractivity contribution in [2.75, 3.05) is 5.32 Å². The van der Waals surface area contributed by atoms with E-state index in [4.69, 9.17) is 23.2 Å². The molecule has 1 atom stereocenters. The highest BCUT2D eigenvalue weighted by Crippen LogP contribution is 2.36. The lowest BCUT2D eigenvalue weighted by atomic mass is 10.2. The Bertz CT molecular complexity index is 740. The number of rotatable bonds is 4. The smallest absolute Gasteiger partial charge is 0.0954 e. The van der Waals surface area contributed by atoms with E-state index in [0.717, 1.165) is 14.5 Å². The third kappa shape index (κ3) is 3.63. The van der Waals surface area contributed by atoms with Crippen molar-refractivity contribution in [3.05, 3.63) is 71.4 Å². The summed E-state index contributed by atoms with van der Waals surface area (Å²) in [5.41, 5.74) is 1.01. The van der Waals surface area contributed by atoms with Crippen LogP contribution in [0.25, 0.3) is 0 Å². The predicted octanol–water partition coefficient (Wildman–Crippen LogP) is 7.08. The van der Waals surface area contributed by atoms with Crippen molar-refractivity contribution in [2.24, 2.45) is 0 Å². The molecule has 0 bridgehead atoms. The van der Waals surface area contributed by atoms with Crippen molar-refractivity contribution < 1.29 is 0 Å². The minimum Gasteiger partial charge on any atom is -0.373 e. The molecule has 0 radical (unpaired) electrons. The third-order valence-corrected chi connectivity index (χ3v) is 6.38. The summed E-state index contributed by atoms with van der Waals surface area (Å²) in [6.07, 6.45) is 0. The molecule has 1 nitrogen and oxygen atoms in total. The van der Waals surface area contributed by atoms with E-state index in [0.29, 0.717) is 5.02 Å². The maximum Gasteiger partial charge on any atom is 0.0954 e. The average molecular weight is 419 g/mol. The molecule has 0 aliphatic heterocycles. The molecule has 2 heterocycles. The zero-order chi connectivity index (χ0) is 14.8. The zero-order valence-electron chi connectivity index (χ0n) is 10.6. The van der Waals surface area contributed by atoms with E-state index >= 15 is 0 Å². The number of halogens is 3. The summed E-state index contributed by atoms with van der Waals surface area (Å²) in [6, 6.07) is 14.1. The maximum atomic E-state index is 6.08. The quantitative estimate of drug-likeness (QED) is 0.477. The summed E-state index contributed by atoms with van der Waals surface area (Å²) in [7, 11) is 0. The molecule has 0 aliphatic carbocycles. The van der Waals surface area contributed by atoms with Gasteiger partial charge in [-0.05, 0) is 57.7 Å². The Morgan fingerprint density at radius 1 is 1.05 bits per heavy atom. The molecule has 1 N–H and O–H groups in total. The summed E-state index contributed by atoms with van der Waals surface area (Å²) in [4.78, 5) is 2.44. The number of benzene rings is 1. The molecular weight excluding hydrogens is 409 g/mol. The first kappa shape index (κ1) is 15.4. The molecule has 108 valence electrons. The topological polar surface area (TPSA) is 12.0 Å². The fourth-order valence-electron chi connectivity index (χ4n) is 1.97. The van der Waals surface area contributed by atoms with Crippen molar-refractivity contribution >= 4 is 67.5 Å². The zero-order valence-corrected chi connectivity index (χ0v) is 15.4. The van der Waals surface area contributed by atoms with Gasteiger partial charge in [-0.3, -0.25) is 0 Å². The molecule has 6 heteroatoms. The van der Waals surface area contributed by atoms with Crippen LogP contribution in [0.1, 0.15) is 15.8 Å². The Kier molecular flexibility index (Phi) is 4.92. The van der Waals surface area contributed by atoms with Crippen LogP contribution in [-0.2, 0) is 0 Å². The van der Waals surface area contributed by atoms with Crippen LogP contribution < -0.4 is 5.32 Å². The SMILES string of the molecule is Clc1ccc(C(Nc2ccc(Cl)c(Br)c2)c2cccs2)s1. The van der Waals surface area contributed by atoms with Gasteiger partial charge >= 0.3 is 0 Å². The monoisotopic (exact) mass is 417 g/mol. The molecule has 0 amide bonds. The fourth-order valence-corrected chi connectivity index (χ4v) is 4.47. The second kappa shape index (κ2) is 6.71. The van der Waals surface area contributed by atoms with Crippen LogP contribution in [0, 0.1) is 0 Å². The van der Waals surface area contributed by atoms with Gasteiger partial charge in [-0.15, -0.1) is 22.7 Å². The van der Waals surface area contributed by atoms with Gasteiger partial charge in [0.15, 0.2) is 0 Å². The van der Waals surface area contributed by atoms with Gasteiger partial charge in [-0.1, -0.05) is 29.3 Å². The van der Waals surface area contributed by atoms with Crippen molar-refractivity contribution in [1.29, 1.82) is 0 Å². The van der Waals surface area contributed by atoms with Crippen LogP contribution >= 0.6 is 61.8 Å². The standard InChI is InChI=1S/C15H10BrCl2NS2/c16-10-8-9(3-4-11(10)17)19-15(12-2-1-7-20-12)13-5-6-14(18)21-13/h1-8,15,19H. The molecule has 3 aromatic rings. The Labute approximate surface area is 149 Å². The molecule has 0 fully saturated rings. The van der Waals surface area contributed by atoms with Gasteiger partial charge in [0.1, 0.15) is 0 Å². The van der Waals surface area contributed by atoms with Crippen LogP contribution in [0.5, 0.6) is 0 Å². The first-order chi connectivity index (χ1) is 10.1. The molecule has 0 saturated heterocycles. The van der Waals surface area contributed by atoms with Crippen molar-refractivity contribution in [2.45, 2.75) is 6.04 Å². The first-order valence-electron chi connectivity index (χ1n) is 6.14. The summed E-state index contributed by atoms with van der Waals surface area (Å²) >= 11 is 18.9. The normalized spacial score (nSPS) is 12.3. The van der Waals surface area contributed by atoms with Gasteiger partial charge in [0.05, 0.1) is 15.4 Å². The third-order valence-electron chi connectivity index (χ3n) is 2.94. The molecule has 0 spiro atoms. The minimum atomic E-state index is 0.0931. The maximum absolute atomic E-state index is 6.08. The molecule has 1 unspecified atom stereocenters. The van der Waals surface area contributed by atoms with E-state index in [-0.39, 0.29) is 6.04 Å². The molecule has 1 aromatic carbocycles. The lowest BCUT2D eigenvalue weighted by Crippen LogP contribution is -2.09. The summed E-state index contributed by atoms with van der Waals surface area (Å²) in [6.45, 7) is 0. The fraction of sp³-hybridized carbons (Fsp3) is 0.0667. The van der Waals surface area contributed by atoms with Crippen LogP contribution in [0.2, 0.25) is 9.36 Å². The summed E-state index contributed by atoms with van der Waals surface area (Å²) in [5.74, 6) is 0. The van der Waals surface area contributed by atoms with Crippen molar-refractivity contribution in [3.8, 4) is 0 Å². The number of thiophene rings is 2. The lowest BCUT2D eigenvalue weighted by Gasteiger charge is -2.18. The molecule has 3 rings (SSSR count). The second-order valence-electron chi connectivity index (χ2n) is 4.36. The molecule has 0 aliphatic rings. The number of nitrogens with one attached hydrogen (secondary N) is 1. The Balaban J connectivity index is 1.94. The minimum absolute atomic E-state index is 0.0931. The van der Waals surface area contributed by atoms with Gasteiger partial charge in [0, 0.05) is 19.9 Å². The Morgan fingerprint density at radius 3 is 2.52 bits per heavy atom. The van der Waals surface area contributed by atoms with E-state index in [1.165, 1.54) is 9.75 Å². The molecule has 21 heavy (non-hydrogen) atoms. The van der Waals surface area contributed by atoms with Gasteiger partial charge in [-0.25, -0.2) is 0 Å². The summed E-state index contributed by atoms with van der Waals surface area (Å²) < 4.78 is 1.67. The van der Waals surface area contributed by atoms with Crippen LogP contribution in [0.3, 0.4) is 0 Å². The van der Waals surface area contributed by atoms with Gasteiger partial charge in [0.25, 0.3) is 0 Å². The highest BCUT2D eigenvalue weighted by molar-refractivity contribution is 9.10. The Hall–Kier alpha value is -0.520. The second-order valence-corrected chi connectivity index (χ2v) is 8.35. The van der Waals surface area contributed by atoms with Gasteiger partial charge in [0.2, 0.25) is 0 Å². The van der Waals surface area contributed by atoms with Crippen LogP contribution in [0.15, 0.2) is 52.3 Å². The van der Waals surface area contributed by atoms with E-state index in [1.807, 2.05) is 24.3 Å². The highest BCUT2D eigenvalue weighted by atomic mass is 79.9. The van der Waals surface area contributed by atoms with E-state index in [2.05, 4.69) is 44.8 Å². The predicted molar refractivity (Wildman–Crippen MR) is 98.3 cm³/mol. The molecule has 0 saturated carbocycles. The van der Waals surface area contributed by atoms with E-state index < -0.39 is 0 Å². The largest absolute Gasteiger partial charge is 0.373 e. The van der Waals surface area contributed by atoms with Crippen LogP contribution in [0.4, 0.5) is 5.69 Å². The number of hydrogen-bond donors (Lipinski definition) is 1. The van der Waals surface area contributed by atoms with Crippen molar-refractivity contribution in [1.82, 2.24) is 0 Å². The average Bonchev–Trinajstić information content (AvgIpc) is 3.11. The van der Waals surface area contributed by atoms with Crippen molar-refractivity contribution in [3.63, 3.8) is 0 Å². The van der Waals surface area contributed by atoms with Gasteiger partial charge < -0.3 is 5.32 Å². The molecular formula is C15H10BrCl2NS2. The Morgan fingerprint density at radius 2 is 1.90 bits per heavy atom.